The molecule has 21 heavy (non-hydrogen) atoms. The average molecular weight is 341 g/mol. The smallest absolute Gasteiger partial charge is 0.395 e. The lowest BCUT2D eigenvalue weighted by molar-refractivity contribution is -0.136. The Hall–Kier alpha value is -1.30. The average Bonchev–Trinajstić information content (AvgIpc) is 2.84. The first-order valence-electron chi connectivity index (χ1n) is 5.65. The van der Waals surface area contributed by atoms with Crippen LogP contribution in [0.2, 0.25) is 0 Å². The fourth-order valence-electron chi connectivity index (χ4n) is 1.72. The molecule has 0 unspecified atom stereocenters. The maximum absolute atomic E-state index is 12.5. The summed E-state index contributed by atoms with van der Waals surface area (Å²) in [7, 11) is -4.44. The Morgan fingerprint density at radius 1 is 1.29 bits per heavy atom. The topological polar surface area (TPSA) is 82.3 Å². The lowest BCUT2D eigenvalue weighted by Gasteiger charge is -2.23. The summed E-state index contributed by atoms with van der Waals surface area (Å²) in [5.41, 5.74) is 0.310. The maximum Gasteiger partial charge on any atom is 0.402 e. The number of fused-ring (bicyclic) bond motifs is 1. The van der Waals surface area contributed by atoms with Gasteiger partial charge in [-0.05, 0) is 12.1 Å². The van der Waals surface area contributed by atoms with E-state index in [4.69, 9.17) is 5.11 Å². The molecule has 0 saturated carbocycles. The second-order valence-electron chi connectivity index (χ2n) is 4.07. The van der Waals surface area contributed by atoms with Crippen LogP contribution in [0.25, 0.3) is 0 Å². The van der Waals surface area contributed by atoms with E-state index in [0.717, 1.165) is 11.4 Å². The summed E-state index contributed by atoms with van der Waals surface area (Å²) < 4.78 is 70.1. The number of hydrogen-bond donors (Lipinski definition) is 1. The van der Waals surface area contributed by atoms with Crippen LogP contribution in [-0.4, -0.2) is 43.7 Å². The minimum atomic E-state index is -4.71. The molecule has 0 atom stereocenters. The SMILES string of the molecule is O=S(=O)(c1cccc2c1N=S=N2)N(CCO)CC(F)(F)F. The van der Waals surface area contributed by atoms with Crippen molar-refractivity contribution in [1.29, 1.82) is 0 Å². The van der Waals surface area contributed by atoms with Gasteiger partial charge in [0.25, 0.3) is 0 Å². The molecule has 0 saturated heterocycles. The molecule has 1 heterocycles. The zero-order valence-corrected chi connectivity index (χ0v) is 12.0. The third-order valence-corrected chi connectivity index (χ3v) is 4.99. The molecule has 1 aromatic rings. The van der Waals surface area contributed by atoms with Crippen molar-refractivity contribution in [3.8, 4) is 0 Å². The van der Waals surface area contributed by atoms with Gasteiger partial charge >= 0.3 is 6.18 Å². The zero-order chi connectivity index (χ0) is 15.7. The summed E-state index contributed by atoms with van der Waals surface area (Å²) in [6.45, 7) is -3.06. The first-order valence-corrected chi connectivity index (χ1v) is 7.82. The molecule has 2 rings (SSSR count). The van der Waals surface area contributed by atoms with Crippen LogP contribution in [0.15, 0.2) is 31.8 Å². The van der Waals surface area contributed by atoms with Crippen LogP contribution in [0.3, 0.4) is 0 Å². The van der Waals surface area contributed by atoms with Crippen LogP contribution in [-0.2, 0) is 21.4 Å². The predicted molar refractivity (Wildman–Crippen MR) is 69.9 cm³/mol. The molecule has 0 radical (unpaired) electrons. The van der Waals surface area contributed by atoms with Gasteiger partial charge in [0.2, 0.25) is 10.0 Å². The van der Waals surface area contributed by atoms with E-state index in [1.165, 1.54) is 18.2 Å². The second kappa shape index (κ2) is 5.83. The Labute approximate surface area is 122 Å². The number of rotatable bonds is 5. The molecule has 116 valence electrons. The number of aliphatic hydroxyl groups excluding tert-OH is 1. The molecular weight excluding hydrogens is 331 g/mol. The van der Waals surface area contributed by atoms with Crippen molar-refractivity contribution in [3.63, 3.8) is 0 Å². The molecule has 6 nitrogen and oxygen atoms in total. The highest BCUT2D eigenvalue weighted by atomic mass is 32.2. The number of halogens is 3. The van der Waals surface area contributed by atoms with E-state index in [1.54, 1.807) is 0 Å². The third-order valence-electron chi connectivity index (χ3n) is 2.57. The van der Waals surface area contributed by atoms with Crippen LogP contribution in [0.4, 0.5) is 24.5 Å². The largest absolute Gasteiger partial charge is 0.402 e. The van der Waals surface area contributed by atoms with Gasteiger partial charge in [-0.2, -0.15) is 26.2 Å². The van der Waals surface area contributed by atoms with Gasteiger partial charge in [0.15, 0.2) is 0 Å². The third kappa shape index (κ3) is 3.48. The molecular formula is C10H10F3N3O3S2. The number of sulfonamides is 1. The van der Waals surface area contributed by atoms with Gasteiger partial charge in [0, 0.05) is 6.54 Å². The Morgan fingerprint density at radius 3 is 2.62 bits per heavy atom. The van der Waals surface area contributed by atoms with E-state index < -0.39 is 35.9 Å². The Morgan fingerprint density at radius 2 is 2.00 bits per heavy atom. The van der Waals surface area contributed by atoms with Crippen LogP contribution >= 0.6 is 0 Å². The van der Waals surface area contributed by atoms with Gasteiger partial charge in [-0.3, -0.25) is 0 Å². The lowest BCUT2D eigenvalue weighted by Crippen LogP contribution is -2.40. The molecule has 0 amide bonds. The molecule has 0 bridgehead atoms. The van der Waals surface area contributed by atoms with E-state index in [1.807, 2.05) is 0 Å². The van der Waals surface area contributed by atoms with E-state index in [-0.39, 0.29) is 20.6 Å². The lowest BCUT2D eigenvalue weighted by atomic mass is 10.3. The molecule has 1 N–H and O–H groups in total. The molecule has 1 aromatic carbocycles. The highest BCUT2D eigenvalue weighted by Gasteiger charge is 2.38. The predicted octanol–water partition coefficient (Wildman–Crippen LogP) is 1.96. The fraction of sp³-hybridized carbons (Fsp3) is 0.400. The number of benzene rings is 1. The molecule has 0 spiro atoms. The summed E-state index contributed by atoms with van der Waals surface area (Å²) in [5.74, 6) is 0. The van der Waals surface area contributed by atoms with E-state index in [0.29, 0.717) is 0 Å². The molecule has 1 aliphatic rings. The normalized spacial score (nSPS) is 14.3. The van der Waals surface area contributed by atoms with Crippen LogP contribution in [0.5, 0.6) is 0 Å². The van der Waals surface area contributed by atoms with Gasteiger partial charge in [-0.1, -0.05) is 6.07 Å². The standard InChI is InChI=1S/C10H10F3N3O3S2/c11-10(12,13)6-16(4-5-17)21(18,19)8-3-1-2-7-9(8)15-20-14-7/h1-3,17H,4-6H2. The Balaban J connectivity index is 2.45. The second-order valence-corrected chi connectivity index (χ2v) is 6.50. The minimum Gasteiger partial charge on any atom is -0.395 e. The van der Waals surface area contributed by atoms with E-state index in [9.17, 15) is 21.6 Å². The van der Waals surface area contributed by atoms with Crippen molar-refractivity contribution in [2.75, 3.05) is 19.7 Å². The van der Waals surface area contributed by atoms with Crippen molar-refractivity contribution in [2.24, 2.45) is 8.73 Å². The summed E-state index contributed by atoms with van der Waals surface area (Å²) in [4.78, 5) is -0.355. The van der Waals surface area contributed by atoms with Gasteiger partial charge in [-0.15, -0.1) is 0 Å². The van der Waals surface area contributed by atoms with Crippen LogP contribution in [0.1, 0.15) is 0 Å². The number of alkyl halides is 3. The molecule has 0 aliphatic carbocycles. The quantitative estimate of drug-likeness (QED) is 0.902. The van der Waals surface area contributed by atoms with Gasteiger partial charge in [0.1, 0.15) is 22.8 Å². The monoisotopic (exact) mass is 341 g/mol. The van der Waals surface area contributed by atoms with Crippen LogP contribution in [0, 0.1) is 0 Å². The number of nitrogens with zero attached hydrogens (tertiary/aromatic N) is 3. The summed E-state index contributed by atoms with van der Waals surface area (Å²) in [6, 6.07) is 4.05. The van der Waals surface area contributed by atoms with Crippen molar-refractivity contribution >= 4 is 32.8 Å². The van der Waals surface area contributed by atoms with Gasteiger partial charge in [-0.25, -0.2) is 8.42 Å². The summed E-state index contributed by atoms with van der Waals surface area (Å²) in [5, 5.41) is 8.82. The van der Waals surface area contributed by atoms with E-state index in [2.05, 4.69) is 8.73 Å². The van der Waals surface area contributed by atoms with Crippen molar-refractivity contribution in [1.82, 2.24) is 4.31 Å². The summed E-state index contributed by atoms with van der Waals surface area (Å²) in [6.07, 6.45) is -4.71. The van der Waals surface area contributed by atoms with E-state index >= 15 is 0 Å². The first-order chi connectivity index (χ1) is 9.75. The molecule has 11 heteroatoms. The molecule has 0 fully saturated rings. The highest BCUT2D eigenvalue weighted by molar-refractivity contribution is 7.89. The van der Waals surface area contributed by atoms with Crippen molar-refractivity contribution in [2.45, 2.75) is 11.1 Å². The molecule has 0 aromatic heterocycles. The Bertz CT molecular complexity index is 712. The van der Waals surface area contributed by atoms with Crippen molar-refractivity contribution < 1.29 is 26.7 Å². The van der Waals surface area contributed by atoms with Gasteiger partial charge in [0.05, 0.1) is 18.0 Å². The minimum absolute atomic E-state index is 0.0209. The van der Waals surface area contributed by atoms with Crippen LogP contribution < -0.4 is 0 Å². The molecule has 1 aliphatic heterocycles. The summed E-state index contributed by atoms with van der Waals surface area (Å²) >= 11 is 0.767. The zero-order valence-electron chi connectivity index (χ0n) is 10.4. The number of aliphatic hydroxyl groups is 1. The van der Waals surface area contributed by atoms with Gasteiger partial charge < -0.3 is 5.11 Å². The Kier molecular flexibility index (Phi) is 4.46. The first kappa shape index (κ1) is 16.1. The maximum atomic E-state index is 12.5. The fourth-order valence-corrected chi connectivity index (χ4v) is 3.89. The number of hydrogen-bond acceptors (Lipinski definition) is 5. The van der Waals surface area contributed by atoms with Crippen molar-refractivity contribution in [3.05, 3.63) is 18.2 Å². The highest BCUT2D eigenvalue weighted by Crippen LogP contribution is 2.38.